The Morgan fingerprint density at radius 2 is 1.65 bits per heavy atom. The van der Waals surface area contributed by atoms with Gasteiger partial charge in [-0.25, -0.2) is 0 Å². The van der Waals surface area contributed by atoms with Crippen molar-refractivity contribution in [3.05, 3.63) is 117 Å². The normalized spacial score (nSPS) is 10.9. The molecule has 8 heteroatoms. The van der Waals surface area contributed by atoms with Crippen molar-refractivity contribution in [1.82, 2.24) is 0 Å². The van der Waals surface area contributed by atoms with Crippen LogP contribution in [0.2, 0.25) is 5.02 Å². The summed E-state index contributed by atoms with van der Waals surface area (Å²) in [5.74, 6) is 1.42. The molecule has 43 heavy (non-hydrogen) atoms. The number of hydrogen-bond donors (Lipinski definition) is 1. The second-order valence-electron chi connectivity index (χ2n) is 9.75. The van der Waals surface area contributed by atoms with E-state index in [0.717, 1.165) is 22.3 Å². The molecule has 0 atom stereocenters. The standard InChI is InChI=1S/C35H33ClN2O5/c1-5-41-32-18-26(12-14-31(32)42-21-25-9-7-6-8-10-25)22-43-34-29(36)17-27(19-33(34)40-4)16-28(20-37)35(39)38-30-13-11-23(2)15-24(30)3/h6-19H,5,21-22H2,1-4H3,(H,38,39)/b28-16+. The number of carbonyl (C=O) groups is 1. The van der Waals surface area contributed by atoms with Crippen molar-refractivity contribution in [3.63, 3.8) is 0 Å². The zero-order chi connectivity index (χ0) is 30.8. The lowest BCUT2D eigenvalue weighted by Gasteiger charge is -2.16. The van der Waals surface area contributed by atoms with E-state index in [1.165, 1.54) is 13.2 Å². The summed E-state index contributed by atoms with van der Waals surface area (Å²) in [6.45, 7) is 6.87. The van der Waals surface area contributed by atoms with Crippen LogP contribution < -0.4 is 24.3 Å². The number of nitrogens with zero attached hydrogens (tertiary/aromatic N) is 1. The number of rotatable bonds is 12. The Bertz CT molecular complexity index is 1660. The van der Waals surface area contributed by atoms with Crippen LogP contribution >= 0.6 is 11.6 Å². The highest BCUT2D eigenvalue weighted by Crippen LogP contribution is 2.38. The predicted octanol–water partition coefficient (Wildman–Crippen LogP) is 8.07. The molecule has 4 rings (SSSR count). The fraction of sp³-hybridized carbons (Fsp3) is 0.200. The van der Waals surface area contributed by atoms with Gasteiger partial charge in [-0.1, -0.05) is 65.7 Å². The SMILES string of the molecule is CCOc1cc(COc2c(Cl)cc(/C=C(\C#N)C(=O)Nc3ccc(C)cc3C)cc2OC)ccc1OCc1ccccc1. The van der Waals surface area contributed by atoms with Crippen LogP contribution in [0.3, 0.4) is 0 Å². The molecule has 4 aromatic carbocycles. The highest BCUT2D eigenvalue weighted by molar-refractivity contribution is 6.32. The summed E-state index contributed by atoms with van der Waals surface area (Å²) in [6.07, 6.45) is 1.46. The number of nitrogens with one attached hydrogen (secondary N) is 1. The van der Waals surface area contributed by atoms with Gasteiger partial charge in [0, 0.05) is 5.69 Å². The molecule has 4 aromatic rings. The second-order valence-corrected chi connectivity index (χ2v) is 10.2. The molecule has 0 aliphatic heterocycles. The van der Waals surface area contributed by atoms with Crippen LogP contribution in [0.5, 0.6) is 23.0 Å². The van der Waals surface area contributed by atoms with Gasteiger partial charge in [0.2, 0.25) is 0 Å². The molecule has 0 aromatic heterocycles. The van der Waals surface area contributed by atoms with Crippen molar-refractivity contribution < 1.29 is 23.7 Å². The first-order valence-electron chi connectivity index (χ1n) is 13.7. The van der Waals surface area contributed by atoms with E-state index in [9.17, 15) is 10.1 Å². The summed E-state index contributed by atoms with van der Waals surface area (Å²) in [6, 6.07) is 26.4. The minimum absolute atomic E-state index is 0.0789. The Labute approximate surface area is 257 Å². The van der Waals surface area contributed by atoms with Gasteiger partial charge in [-0.15, -0.1) is 0 Å². The highest BCUT2D eigenvalue weighted by Gasteiger charge is 2.16. The second kappa shape index (κ2) is 14.8. The molecule has 1 amide bonds. The summed E-state index contributed by atoms with van der Waals surface area (Å²) in [4.78, 5) is 12.9. The maximum atomic E-state index is 12.9. The molecule has 0 fully saturated rings. The van der Waals surface area contributed by atoms with E-state index in [1.54, 1.807) is 12.1 Å². The average molecular weight is 597 g/mol. The van der Waals surface area contributed by atoms with E-state index < -0.39 is 5.91 Å². The van der Waals surface area contributed by atoms with Crippen molar-refractivity contribution in [1.29, 1.82) is 5.26 Å². The Hall–Kier alpha value is -4.93. The number of carbonyl (C=O) groups excluding carboxylic acids is 1. The van der Waals surface area contributed by atoms with Crippen LogP contribution in [0.4, 0.5) is 5.69 Å². The van der Waals surface area contributed by atoms with Crippen molar-refractivity contribution in [3.8, 4) is 29.1 Å². The molecule has 0 spiro atoms. The molecular weight excluding hydrogens is 564 g/mol. The first-order valence-corrected chi connectivity index (χ1v) is 14.1. The topological polar surface area (TPSA) is 89.8 Å². The molecule has 0 heterocycles. The fourth-order valence-corrected chi connectivity index (χ4v) is 4.62. The minimum Gasteiger partial charge on any atom is -0.493 e. The molecule has 0 saturated heterocycles. The number of nitriles is 1. The van der Waals surface area contributed by atoms with Crippen LogP contribution in [0.15, 0.2) is 84.4 Å². The van der Waals surface area contributed by atoms with Gasteiger partial charge in [-0.2, -0.15) is 5.26 Å². The van der Waals surface area contributed by atoms with Gasteiger partial charge < -0.3 is 24.3 Å². The molecule has 0 aliphatic carbocycles. The first kappa shape index (κ1) is 31.0. The molecule has 0 saturated carbocycles. The van der Waals surface area contributed by atoms with Crippen molar-refractivity contribution in [2.75, 3.05) is 19.0 Å². The Morgan fingerprint density at radius 3 is 2.35 bits per heavy atom. The van der Waals surface area contributed by atoms with E-state index in [2.05, 4.69) is 5.32 Å². The third kappa shape index (κ3) is 8.31. The van der Waals surface area contributed by atoms with Gasteiger partial charge in [0.15, 0.2) is 23.0 Å². The number of aryl methyl sites for hydroxylation is 2. The lowest BCUT2D eigenvalue weighted by Crippen LogP contribution is -2.14. The molecule has 0 aliphatic rings. The Kier molecular flexibility index (Phi) is 10.7. The van der Waals surface area contributed by atoms with Crippen LogP contribution in [0, 0.1) is 25.2 Å². The van der Waals surface area contributed by atoms with Crippen molar-refractivity contribution in [2.45, 2.75) is 34.0 Å². The zero-order valence-corrected chi connectivity index (χ0v) is 25.3. The summed E-state index contributed by atoms with van der Waals surface area (Å²) >= 11 is 6.59. The average Bonchev–Trinajstić information content (AvgIpc) is 3.00. The van der Waals surface area contributed by atoms with Gasteiger partial charge in [0.1, 0.15) is 24.9 Å². The minimum atomic E-state index is -0.522. The monoisotopic (exact) mass is 596 g/mol. The van der Waals surface area contributed by atoms with E-state index in [4.69, 9.17) is 30.5 Å². The molecule has 220 valence electrons. The molecule has 1 N–H and O–H groups in total. The van der Waals surface area contributed by atoms with E-state index in [-0.39, 0.29) is 17.2 Å². The first-order chi connectivity index (χ1) is 20.8. The predicted molar refractivity (Wildman–Crippen MR) is 169 cm³/mol. The van der Waals surface area contributed by atoms with Gasteiger partial charge in [0.05, 0.1) is 18.7 Å². The summed E-state index contributed by atoms with van der Waals surface area (Å²) in [5, 5.41) is 12.8. The molecule has 7 nitrogen and oxygen atoms in total. The number of methoxy groups -OCH3 is 1. The van der Waals surface area contributed by atoms with E-state index in [1.807, 2.05) is 93.6 Å². The van der Waals surface area contributed by atoms with Crippen molar-refractivity contribution >= 4 is 29.3 Å². The third-order valence-corrected chi connectivity index (χ3v) is 6.77. The summed E-state index contributed by atoms with van der Waals surface area (Å²) < 4.78 is 23.4. The highest BCUT2D eigenvalue weighted by atomic mass is 35.5. The molecular formula is C35H33ClN2O5. The fourth-order valence-electron chi connectivity index (χ4n) is 4.34. The van der Waals surface area contributed by atoms with Gasteiger partial charge >= 0.3 is 0 Å². The number of hydrogen-bond acceptors (Lipinski definition) is 6. The van der Waals surface area contributed by atoms with E-state index in [0.29, 0.717) is 47.5 Å². The quantitative estimate of drug-likeness (QED) is 0.131. The van der Waals surface area contributed by atoms with Gasteiger partial charge in [0.25, 0.3) is 5.91 Å². The third-order valence-electron chi connectivity index (χ3n) is 6.49. The van der Waals surface area contributed by atoms with Crippen LogP contribution in [-0.2, 0) is 18.0 Å². The van der Waals surface area contributed by atoms with Crippen molar-refractivity contribution in [2.24, 2.45) is 0 Å². The zero-order valence-electron chi connectivity index (χ0n) is 24.6. The maximum absolute atomic E-state index is 12.9. The maximum Gasteiger partial charge on any atom is 0.266 e. The summed E-state index contributed by atoms with van der Waals surface area (Å²) in [5.41, 5.74) is 4.95. The molecule has 0 radical (unpaired) electrons. The Morgan fingerprint density at radius 1 is 0.884 bits per heavy atom. The number of amides is 1. The number of ether oxygens (including phenoxy) is 4. The van der Waals surface area contributed by atoms with E-state index >= 15 is 0 Å². The van der Waals surface area contributed by atoms with Crippen LogP contribution in [0.1, 0.15) is 34.7 Å². The Balaban J connectivity index is 1.49. The van der Waals surface area contributed by atoms with Gasteiger partial charge in [-0.05, 0) is 79.4 Å². The molecule has 0 unspecified atom stereocenters. The lowest BCUT2D eigenvalue weighted by atomic mass is 10.1. The van der Waals surface area contributed by atoms with Crippen LogP contribution in [0.25, 0.3) is 6.08 Å². The lowest BCUT2D eigenvalue weighted by molar-refractivity contribution is -0.112. The number of anilines is 1. The largest absolute Gasteiger partial charge is 0.493 e. The van der Waals surface area contributed by atoms with Crippen LogP contribution in [-0.4, -0.2) is 19.6 Å². The smallest absolute Gasteiger partial charge is 0.266 e. The number of halogens is 1. The molecule has 0 bridgehead atoms. The summed E-state index contributed by atoms with van der Waals surface area (Å²) in [7, 11) is 1.50. The number of benzene rings is 4. The van der Waals surface area contributed by atoms with Gasteiger partial charge in [-0.3, -0.25) is 4.79 Å².